The molecule has 130 valence electrons. The van der Waals surface area contributed by atoms with Crippen LogP contribution < -0.4 is 10.1 Å². The highest BCUT2D eigenvalue weighted by atomic mass is 16.5. The van der Waals surface area contributed by atoms with Crippen molar-refractivity contribution in [3.05, 3.63) is 54.0 Å². The molecule has 0 amide bonds. The van der Waals surface area contributed by atoms with E-state index in [1.54, 1.807) is 4.68 Å². The van der Waals surface area contributed by atoms with Crippen LogP contribution in [0.15, 0.2) is 42.5 Å². The van der Waals surface area contributed by atoms with Gasteiger partial charge in [0, 0.05) is 11.8 Å². The van der Waals surface area contributed by atoms with Crippen molar-refractivity contribution in [2.24, 2.45) is 0 Å². The van der Waals surface area contributed by atoms with Crippen LogP contribution in [0.25, 0.3) is 5.69 Å². The molecule has 2 aromatic heterocycles. The van der Waals surface area contributed by atoms with E-state index in [-0.39, 0.29) is 5.60 Å². The molecular weight excluding hydrogens is 316 g/mol. The van der Waals surface area contributed by atoms with Crippen molar-refractivity contribution >= 4 is 5.69 Å². The number of aromatic nitrogens is 5. The molecule has 0 aliphatic rings. The number of anilines is 1. The molecule has 2 heterocycles. The van der Waals surface area contributed by atoms with Gasteiger partial charge in [0.2, 0.25) is 5.88 Å². The van der Waals surface area contributed by atoms with Crippen molar-refractivity contribution < 1.29 is 4.74 Å². The van der Waals surface area contributed by atoms with E-state index < -0.39 is 0 Å². The summed E-state index contributed by atoms with van der Waals surface area (Å²) in [4.78, 5) is 4.54. The van der Waals surface area contributed by atoms with Crippen molar-refractivity contribution in [1.29, 1.82) is 0 Å². The lowest BCUT2D eigenvalue weighted by Crippen LogP contribution is -2.23. The zero-order valence-electron chi connectivity index (χ0n) is 14.9. The van der Waals surface area contributed by atoms with Crippen LogP contribution >= 0.6 is 0 Å². The molecule has 0 aliphatic carbocycles. The van der Waals surface area contributed by atoms with Crippen LogP contribution in [0, 0.1) is 6.92 Å². The predicted octanol–water partition coefficient (Wildman–Crippen LogP) is 3.16. The van der Waals surface area contributed by atoms with Gasteiger partial charge in [0.05, 0.1) is 17.9 Å². The predicted molar refractivity (Wildman–Crippen MR) is 95.8 cm³/mol. The van der Waals surface area contributed by atoms with Crippen molar-refractivity contribution in [2.45, 2.75) is 39.8 Å². The molecule has 0 atom stereocenters. The van der Waals surface area contributed by atoms with Gasteiger partial charge < -0.3 is 10.1 Å². The van der Waals surface area contributed by atoms with E-state index in [0.29, 0.717) is 12.4 Å². The summed E-state index contributed by atoms with van der Waals surface area (Å²) in [6.45, 7) is 8.48. The largest absolute Gasteiger partial charge is 0.472 e. The standard InChI is InChI=1S/C18H22N6O/c1-13-21-22-23-24(13)16-9-5-7-14(11-16)19-12-15-8-6-10-17(20-15)25-18(2,3)4/h5-11,19H,12H2,1-4H3. The van der Waals surface area contributed by atoms with E-state index in [0.717, 1.165) is 22.9 Å². The SMILES string of the molecule is Cc1nnnn1-c1cccc(NCc2cccc(OC(C)(C)C)n2)c1. The zero-order chi connectivity index (χ0) is 17.9. The van der Waals surface area contributed by atoms with Gasteiger partial charge in [0.25, 0.3) is 0 Å². The van der Waals surface area contributed by atoms with Gasteiger partial charge in [0.15, 0.2) is 5.82 Å². The second-order valence-electron chi connectivity index (χ2n) is 6.72. The summed E-state index contributed by atoms with van der Waals surface area (Å²) in [5.74, 6) is 1.37. The third kappa shape index (κ3) is 4.53. The molecule has 0 fully saturated rings. The van der Waals surface area contributed by atoms with Gasteiger partial charge in [-0.15, -0.1) is 5.10 Å². The molecule has 0 aliphatic heterocycles. The van der Waals surface area contributed by atoms with E-state index in [4.69, 9.17) is 4.74 Å². The molecule has 1 N–H and O–H groups in total. The maximum atomic E-state index is 5.81. The number of hydrogen-bond acceptors (Lipinski definition) is 6. The minimum Gasteiger partial charge on any atom is -0.472 e. The van der Waals surface area contributed by atoms with E-state index in [9.17, 15) is 0 Å². The number of hydrogen-bond donors (Lipinski definition) is 1. The van der Waals surface area contributed by atoms with Crippen molar-refractivity contribution in [3.8, 4) is 11.6 Å². The molecule has 0 radical (unpaired) electrons. The Morgan fingerprint density at radius 3 is 2.64 bits per heavy atom. The van der Waals surface area contributed by atoms with Crippen molar-refractivity contribution in [3.63, 3.8) is 0 Å². The lowest BCUT2D eigenvalue weighted by molar-refractivity contribution is 0.124. The molecule has 3 aromatic rings. The molecule has 0 saturated heterocycles. The minimum absolute atomic E-state index is 0.267. The molecule has 7 nitrogen and oxygen atoms in total. The molecule has 0 bridgehead atoms. The Balaban J connectivity index is 1.70. The fourth-order valence-electron chi connectivity index (χ4n) is 2.34. The Morgan fingerprint density at radius 2 is 1.92 bits per heavy atom. The number of nitrogens with zero attached hydrogens (tertiary/aromatic N) is 5. The lowest BCUT2D eigenvalue weighted by Gasteiger charge is -2.20. The Morgan fingerprint density at radius 1 is 1.12 bits per heavy atom. The van der Waals surface area contributed by atoms with Gasteiger partial charge >= 0.3 is 0 Å². The normalized spacial score (nSPS) is 11.4. The van der Waals surface area contributed by atoms with Crippen molar-refractivity contribution in [2.75, 3.05) is 5.32 Å². The van der Waals surface area contributed by atoms with Gasteiger partial charge in [-0.2, -0.15) is 4.68 Å². The van der Waals surface area contributed by atoms with E-state index in [1.165, 1.54) is 0 Å². The van der Waals surface area contributed by atoms with Crippen molar-refractivity contribution in [1.82, 2.24) is 25.2 Å². The molecule has 7 heteroatoms. The maximum Gasteiger partial charge on any atom is 0.214 e. The first kappa shape index (κ1) is 16.9. The van der Waals surface area contributed by atoms with Crippen LogP contribution in [0.3, 0.4) is 0 Å². The lowest BCUT2D eigenvalue weighted by atomic mass is 10.2. The maximum absolute atomic E-state index is 5.81. The Labute approximate surface area is 147 Å². The Kier molecular flexibility index (Phi) is 4.65. The van der Waals surface area contributed by atoms with E-state index in [1.807, 2.05) is 70.2 Å². The summed E-state index contributed by atoms with van der Waals surface area (Å²) >= 11 is 0. The number of benzene rings is 1. The molecule has 0 saturated carbocycles. The molecule has 0 spiro atoms. The smallest absolute Gasteiger partial charge is 0.214 e. The topological polar surface area (TPSA) is 77.8 Å². The quantitative estimate of drug-likeness (QED) is 0.770. The second kappa shape index (κ2) is 6.88. The first-order valence-electron chi connectivity index (χ1n) is 8.15. The third-order valence-corrected chi connectivity index (χ3v) is 3.38. The molecule has 0 unspecified atom stereocenters. The number of ether oxygens (including phenoxy) is 1. The van der Waals surface area contributed by atoms with Gasteiger partial charge in [-0.1, -0.05) is 12.1 Å². The summed E-state index contributed by atoms with van der Waals surface area (Å²) in [7, 11) is 0. The van der Waals surface area contributed by atoms with Crippen LogP contribution in [0.2, 0.25) is 0 Å². The van der Waals surface area contributed by atoms with Crippen LogP contribution in [-0.4, -0.2) is 30.8 Å². The first-order chi connectivity index (χ1) is 11.9. The molecule has 3 rings (SSSR count). The first-order valence-corrected chi connectivity index (χ1v) is 8.15. The highest BCUT2D eigenvalue weighted by Crippen LogP contribution is 2.18. The van der Waals surface area contributed by atoms with Gasteiger partial charge in [0.1, 0.15) is 5.60 Å². The summed E-state index contributed by atoms with van der Waals surface area (Å²) in [6.07, 6.45) is 0. The number of aryl methyl sites for hydroxylation is 1. The van der Waals surface area contributed by atoms with Crippen LogP contribution in [0.1, 0.15) is 32.3 Å². The fourth-order valence-corrected chi connectivity index (χ4v) is 2.34. The highest BCUT2D eigenvalue weighted by molar-refractivity contribution is 5.51. The zero-order valence-corrected chi connectivity index (χ0v) is 14.9. The summed E-state index contributed by atoms with van der Waals surface area (Å²) in [6, 6.07) is 13.7. The van der Waals surface area contributed by atoms with Gasteiger partial charge in [-0.05, 0) is 62.4 Å². The Bertz CT molecular complexity index is 853. The van der Waals surface area contributed by atoms with Crippen LogP contribution in [0.4, 0.5) is 5.69 Å². The Hall–Kier alpha value is -2.96. The van der Waals surface area contributed by atoms with Crippen LogP contribution in [0.5, 0.6) is 5.88 Å². The number of tetrazole rings is 1. The second-order valence-corrected chi connectivity index (χ2v) is 6.72. The molecular formula is C18H22N6O. The average Bonchev–Trinajstić information content (AvgIpc) is 2.98. The minimum atomic E-state index is -0.267. The summed E-state index contributed by atoms with van der Waals surface area (Å²) in [5.41, 5.74) is 2.52. The highest BCUT2D eigenvalue weighted by Gasteiger charge is 2.12. The number of nitrogens with one attached hydrogen (secondary N) is 1. The summed E-state index contributed by atoms with van der Waals surface area (Å²) in [5, 5.41) is 15.0. The third-order valence-electron chi connectivity index (χ3n) is 3.38. The van der Waals surface area contributed by atoms with E-state index >= 15 is 0 Å². The monoisotopic (exact) mass is 338 g/mol. The number of rotatable bonds is 5. The molecule has 25 heavy (non-hydrogen) atoms. The van der Waals surface area contributed by atoms with E-state index in [2.05, 4.69) is 25.8 Å². The number of pyridine rings is 1. The average molecular weight is 338 g/mol. The fraction of sp³-hybridized carbons (Fsp3) is 0.333. The van der Waals surface area contributed by atoms with Gasteiger partial charge in [-0.3, -0.25) is 0 Å². The van der Waals surface area contributed by atoms with Gasteiger partial charge in [-0.25, -0.2) is 4.98 Å². The summed E-state index contributed by atoms with van der Waals surface area (Å²) < 4.78 is 7.51. The van der Waals surface area contributed by atoms with Crippen LogP contribution in [-0.2, 0) is 6.54 Å². The molecule has 1 aromatic carbocycles.